The third-order valence-corrected chi connectivity index (χ3v) is 4.41. The Hall–Kier alpha value is -3.29. The van der Waals surface area contributed by atoms with Crippen LogP contribution in [0.4, 0.5) is 4.79 Å². The Morgan fingerprint density at radius 3 is 2.79 bits per heavy atom. The zero-order valence-electron chi connectivity index (χ0n) is 16.6. The average molecular weight is 401 g/mol. The van der Waals surface area contributed by atoms with Gasteiger partial charge in [-0.15, -0.1) is 0 Å². The van der Waals surface area contributed by atoms with E-state index in [-0.39, 0.29) is 26.0 Å². The molecule has 0 bridgehead atoms. The highest BCUT2D eigenvalue weighted by Gasteiger charge is 2.36. The predicted molar refractivity (Wildman–Crippen MR) is 104 cm³/mol. The van der Waals surface area contributed by atoms with Gasteiger partial charge in [0.15, 0.2) is 0 Å². The van der Waals surface area contributed by atoms with Crippen molar-refractivity contribution in [3.63, 3.8) is 0 Å². The molecule has 1 heterocycles. The number of carbonyl (C=O) groups excluding carboxylic acids is 3. The molecule has 0 aliphatic carbocycles. The number of carboxylic acid groups (broad SMARTS) is 1. The number of nitrogens with one attached hydrogen (secondary N) is 1. The van der Waals surface area contributed by atoms with Crippen LogP contribution in [0.2, 0.25) is 0 Å². The van der Waals surface area contributed by atoms with Gasteiger partial charge in [-0.1, -0.05) is 24.8 Å². The first-order chi connectivity index (χ1) is 13.9. The van der Waals surface area contributed by atoms with Crippen LogP contribution in [0.15, 0.2) is 48.2 Å². The molecular weight excluding hydrogens is 376 g/mol. The van der Waals surface area contributed by atoms with Crippen molar-refractivity contribution in [2.45, 2.75) is 32.7 Å². The summed E-state index contributed by atoms with van der Waals surface area (Å²) in [5.74, 6) is -1.16. The Balaban J connectivity index is 2.39. The summed E-state index contributed by atoms with van der Waals surface area (Å²) in [6.07, 6.45) is 1.64. The molecule has 0 saturated carbocycles. The molecule has 29 heavy (non-hydrogen) atoms. The lowest BCUT2D eigenvalue weighted by atomic mass is 9.94. The Morgan fingerprint density at radius 2 is 2.14 bits per heavy atom. The fourth-order valence-electron chi connectivity index (χ4n) is 3.09. The minimum Gasteiger partial charge on any atom is -0.550 e. The first-order valence-electron chi connectivity index (χ1n) is 9.38. The summed E-state index contributed by atoms with van der Waals surface area (Å²) in [7, 11) is 0. The minimum absolute atomic E-state index is 0.143. The highest BCUT2D eigenvalue weighted by Crippen LogP contribution is 2.33. The molecule has 1 aliphatic heterocycles. The van der Waals surface area contributed by atoms with Crippen LogP contribution in [0.5, 0.6) is 5.75 Å². The van der Waals surface area contributed by atoms with E-state index in [4.69, 9.17) is 9.47 Å². The number of urea groups is 1. The van der Waals surface area contributed by atoms with Crippen LogP contribution in [0, 0.1) is 0 Å². The maximum Gasteiger partial charge on any atom is 0.338 e. The lowest BCUT2D eigenvalue weighted by Crippen LogP contribution is -2.48. The van der Waals surface area contributed by atoms with E-state index in [0.29, 0.717) is 29.2 Å². The number of rotatable bonds is 10. The fraction of sp³-hybridized carbons (Fsp3) is 0.381. The lowest BCUT2D eigenvalue weighted by molar-refractivity contribution is -0.305. The number of nitrogens with zero attached hydrogens (tertiary/aromatic N) is 1. The van der Waals surface area contributed by atoms with Crippen molar-refractivity contribution in [3.05, 3.63) is 53.8 Å². The van der Waals surface area contributed by atoms with Crippen LogP contribution in [-0.4, -0.2) is 42.6 Å². The topological polar surface area (TPSA) is 108 Å². The highest BCUT2D eigenvalue weighted by molar-refractivity contribution is 5.95. The largest absolute Gasteiger partial charge is 0.550 e. The van der Waals surface area contributed by atoms with Crippen molar-refractivity contribution in [3.8, 4) is 5.75 Å². The second-order valence-electron chi connectivity index (χ2n) is 6.40. The molecule has 1 aliphatic rings. The molecule has 8 nitrogen and oxygen atoms in total. The van der Waals surface area contributed by atoms with Gasteiger partial charge in [-0.2, -0.15) is 0 Å². The van der Waals surface area contributed by atoms with Crippen molar-refractivity contribution >= 4 is 18.0 Å². The number of aliphatic carboxylic acids is 1. The van der Waals surface area contributed by atoms with Gasteiger partial charge in [0.05, 0.1) is 18.2 Å². The number of ether oxygens (including phenoxy) is 2. The zero-order chi connectivity index (χ0) is 21.4. The molecular formula is C21H25N2O6-. The Kier molecular flexibility index (Phi) is 7.82. The summed E-state index contributed by atoms with van der Waals surface area (Å²) in [6.45, 7) is 7.61. The third kappa shape index (κ3) is 5.60. The molecule has 0 spiro atoms. The number of hydrogen-bond donors (Lipinski definition) is 1. The lowest BCUT2D eigenvalue weighted by Gasteiger charge is -2.35. The van der Waals surface area contributed by atoms with Gasteiger partial charge in [-0.3, -0.25) is 4.90 Å². The summed E-state index contributed by atoms with van der Waals surface area (Å²) in [5.41, 5.74) is 1.38. The Labute approximate surface area is 169 Å². The number of amides is 2. The van der Waals surface area contributed by atoms with Crippen molar-refractivity contribution < 1.29 is 29.0 Å². The highest BCUT2D eigenvalue weighted by atomic mass is 16.5. The smallest absolute Gasteiger partial charge is 0.338 e. The second-order valence-corrected chi connectivity index (χ2v) is 6.40. The SMILES string of the molecule is C=CCOc1cccc([C@H]2NC(=O)N(CCCC(=O)[O-])C(C)=C2C(=O)OCC)c1. The zero-order valence-corrected chi connectivity index (χ0v) is 16.6. The van der Waals surface area contributed by atoms with Crippen LogP contribution in [0.3, 0.4) is 0 Å². The summed E-state index contributed by atoms with van der Waals surface area (Å²) in [6, 6.07) is 5.92. The van der Waals surface area contributed by atoms with Crippen molar-refractivity contribution in [2.24, 2.45) is 0 Å². The first kappa shape index (κ1) is 22.0. The van der Waals surface area contributed by atoms with E-state index in [2.05, 4.69) is 11.9 Å². The minimum atomic E-state index is -1.19. The molecule has 1 aromatic carbocycles. The van der Waals surface area contributed by atoms with Gasteiger partial charge in [-0.25, -0.2) is 9.59 Å². The van der Waals surface area contributed by atoms with Gasteiger partial charge in [0.25, 0.3) is 0 Å². The van der Waals surface area contributed by atoms with E-state index in [1.165, 1.54) is 4.90 Å². The Bertz CT molecular complexity index is 817. The number of allylic oxidation sites excluding steroid dienone is 1. The van der Waals surface area contributed by atoms with E-state index in [0.717, 1.165) is 0 Å². The van der Waals surface area contributed by atoms with E-state index in [1.54, 1.807) is 44.2 Å². The van der Waals surface area contributed by atoms with Crippen LogP contribution in [-0.2, 0) is 14.3 Å². The van der Waals surface area contributed by atoms with Gasteiger partial charge in [0.1, 0.15) is 12.4 Å². The van der Waals surface area contributed by atoms with Gasteiger partial charge >= 0.3 is 12.0 Å². The molecule has 0 unspecified atom stereocenters. The molecule has 2 amide bonds. The maximum atomic E-state index is 12.7. The van der Waals surface area contributed by atoms with Crippen LogP contribution < -0.4 is 15.2 Å². The standard InChI is InChI=1S/C21H26N2O6/c1-4-12-29-16-9-6-8-15(13-16)19-18(20(26)28-5-2)14(3)23(21(27)22-19)11-7-10-17(24)25/h4,6,8-9,13,19H,1,5,7,10-12H2,2-3H3,(H,22,27)(H,24,25)/p-1/t19-/m1/s1. The van der Waals surface area contributed by atoms with Crippen molar-refractivity contribution in [1.29, 1.82) is 0 Å². The summed E-state index contributed by atoms with van der Waals surface area (Å²) >= 11 is 0. The van der Waals surface area contributed by atoms with E-state index < -0.39 is 24.0 Å². The number of hydrogen-bond acceptors (Lipinski definition) is 6. The maximum absolute atomic E-state index is 12.7. The molecule has 0 fully saturated rings. The second kappa shape index (κ2) is 10.3. The van der Waals surface area contributed by atoms with Gasteiger partial charge in [0, 0.05) is 18.2 Å². The Morgan fingerprint density at radius 1 is 1.38 bits per heavy atom. The van der Waals surface area contributed by atoms with Crippen molar-refractivity contribution in [1.82, 2.24) is 10.2 Å². The number of carbonyl (C=O) groups is 3. The summed E-state index contributed by atoms with van der Waals surface area (Å²) in [5, 5.41) is 13.5. The molecule has 1 N–H and O–H groups in total. The van der Waals surface area contributed by atoms with Gasteiger partial charge < -0.3 is 24.7 Å². The predicted octanol–water partition coefficient (Wildman–Crippen LogP) is 1.68. The molecule has 0 aromatic heterocycles. The molecule has 156 valence electrons. The average Bonchev–Trinajstić information content (AvgIpc) is 2.68. The quantitative estimate of drug-likeness (QED) is 0.472. The van der Waals surface area contributed by atoms with Gasteiger partial charge in [-0.05, 0) is 44.4 Å². The van der Waals surface area contributed by atoms with Crippen molar-refractivity contribution in [2.75, 3.05) is 19.8 Å². The fourth-order valence-corrected chi connectivity index (χ4v) is 3.09. The van der Waals surface area contributed by atoms with Crippen LogP contribution >= 0.6 is 0 Å². The molecule has 1 atom stereocenters. The summed E-state index contributed by atoms with van der Waals surface area (Å²) in [4.78, 5) is 37.4. The molecule has 1 aromatic rings. The van der Waals surface area contributed by atoms with Crippen LogP contribution in [0.1, 0.15) is 38.3 Å². The van der Waals surface area contributed by atoms with Gasteiger partial charge in [0.2, 0.25) is 0 Å². The van der Waals surface area contributed by atoms with E-state index >= 15 is 0 Å². The van der Waals surface area contributed by atoms with E-state index in [9.17, 15) is 19.5 Å². The molecule has 2 rings (SSSR count). The normalized spacial score (nSPS) is 16.3. The monoisotopic (exact) mass is 401 g/mol. The molecule has 0 saturated heterocycles. The van der Waals surface area contributed by atoms with E-state index in [1.807, 2.05) is 0 Å². The molecule has 0 radical (unpaired) electrons. The third-order valence-electron chi connectivity index (χ3n) is 4.41. The number of esters is 1. The first-order valence-corrected chi connectivity index (χ1v) is 9.38. The number of benzene rings is 1. The molecule has 8 heteroatoms. The number of carboxylic acids is 1. The van der Waals surface area contributed by atoms with Crippen LogP contribution in [0.25, 0.3) is 0 Å². The summed E-state index contributed by atoms with van der Waals surface area (Å²) < 4.78 is 10.7.